The predicted octanol–water partition coefficient (Wildman–Crippen LogP) is 4.70. The van der Waals surface area contributed by atoms with Gasteiger partial charge in [-0.15, -0.1) is 0 Å². The minimum Gasteiger partial charge on any atom is -0.353 e. The fraction of sp³-hybridized carbons (Fsp3) is 0.130. The molecule has 4 aromatic rings. The molecule has 4 rings (SSSR count). The maximum atomic E-state index is 11.9. The van der Waals surface area contributed by atoms with Crippen LogP contribution >= 0.6 is 7.92 Å². The number of hydrogen-bond acceptors (Lipinski definition) is 5. The summed E-state index contributed by atoms with van der Waals surface area (Å²) in [6.07, 6.45) is 4.05. The summed E-state index contributed by atoms with van der Waals surface area (Å²) >= 11 is 0. The molecule has 7 heteroatoms. The first-order chi connectivity index (χ1) is 14.6. The molecular formula is C23H20N3O3P. The number of pyridine rings is 1. The molecule has 6 nitrogen and oxygen atoms in total. The van der Waals surface area contributed by atoms with E-state index < -0.39 is 7.92 Å². The van der Waals surface area contributed by atoms with Crippen molar-refractivity contribution in [3.05, 3.63) is 112 Å². The van der Waals surface area contributed by atoms with Crippen molar-refractivity contribution in [2.45, 2.75) is 19.0 Å². The molecule has 2 aromatic carbocycles. The van der Waals surface area contributed by atoms with Gasteiger partial charge in [0, 0.05) is 12.4 Å². The van der Waals surface area contributed by atoms with Gasteiger partial charge in [-0.3, -0.25) is 15.1 Å². The van der Waals surface area contributed by atoms with Crippen LogP contribution in [0.2, 0.25) is 0 Å². The van der Waals surface area contributed by atoms with E-state index in [2.05, 4.69) is 34.4 Å². The molecule has 0 aliphatic rings. The van der Waals surface area contributed by atoms with Crippen molar-refractivity contribution in [2.24, 2.45) is 0 Å². The van der Waals surface area contributed by atoms with Crippen LogP contribution in [-0.4, -0.2) is 15.1 Å². The van der Waals surface area contributed by atoms with E-state index in [1.165, 1.54) is 0 Å². The average Bonchev–Trinajstić information content (AvgIpc) is 3.17. The molecule has 2 heterocycles. The Hall–Kier alpha value is -3.37. The van der Waals surface area contributed by atoms with E-state index in [1.54, 1.807) is 19.3 Å². The van der Waals surface area contributed by atoms with Crippen molar-refractivity contribution in [1.82, 2.24) is 10.1 Å². The van der Waals surface area contributed by atoms with Gasteiger partial charge in [-0.2, -0.15) is 0 Å². The summed E-state index contributed by atoms with van der Waals surface area (Å²) in [5.74, 6) is 0.327. The minimum absolute atomic E-state index is 0.0339. The SMILES string of the molecule is Cc1noc([C@@H](Cc2ccncc2)P(c2ccccc2)c2ccccc2)c1[N+](=O)[O-]. The molecule has 0 aliphatic heterocycles. The number of nitrogens with zero attached hydrogens (tertiary/aromatic N) is 3. The first kappa shape index (κ1) is 19.9. The highest BCUT2D eigenvalue weighted by atomic mass is 31.1. The van der Waals surface area contributed by atoms with Gasteiger partial charge in [-0.1, -0.05) is 65.8 Å². The van der Waals surface area contributed by atoms with Crippen molar-refractivity contribution in [1.29, 1.82) is 0 Å². The predicted molar refractivity (Wildman–Crippen MR) is 118 cm³/mol. The molecule has 0 spiro atoms. The van der Waals surface area contributed by atoms with Crippen LogP contribution in [0.25, 0.3) is 0 Å². The summed E-state index contributed by atoms with van der Waals surface area (Å²) < 4.78 is 5.62. The quantitative estimate of drug-likeness (QED) is 0.247. The van der Waals surface area contributed by atoms with Crippen LogP contribution in [0.1, 0.15) is 22.7 Å². The second-order valence-corrected chi connectivity index (χ2v) is 9.25. The Morgan fingerprint density at radius 2 is 1.53 bits per heavy atom. The van der Waals surface area contributed by atoms with Gasteiger partial charge in [0.05, 0.1) is 10.6 Å². The first-order valence-electron chi connectivity index (χ1n) is 9.54. The highest BCUT2D eigenvalue weighted by Gasteiger charge is 2.37. The van der Waals surface area contributed by atoms with E-state index >= 15 is 0 Å². The van der Waals surface area contributed by atoms with Crippen LogP contribution in [0.5, 0.6) is 0 Å². The Kier molecular flexibility index (Phi) is 5.96. The molecule has 0 unspecified atom stereocenters. The zero-order chi connectivity index (χ0) is 20.9. The van der Waals surface area contributed by atoms with Gasteiger partial charge in [-0.25, -0.2) is 0 Å². The Morgan fingerprint density at radius 1 is 0.967 bits per heavy atom. The van der Waals surface area contributed by atoms with Crippen LogP contribution in [0.4, 0.5) is 5.69 Å². The number of aromatic nitrogens is 2. The van der Waals surface area contributed by atoms with Gasteiger partial charge in [-0.05, 0) is 49.6 Å². The summed E-state index contributed by atoms with van der Waals surface area (Å²) in [7, 11) is -1.00. The maximum absolute atomic E-state index is 11.9. The highest BCUT2D eigenvalue weighted by Crippen LogP contribution is 2.53. The van der Waals surface area contributed by atoms with Gasteiger partial charge in [0.2, 0.25) is 5.76 Å². The normalized spacial score (nSPS) is 12.1. The zero-order valence-corrected chi connectivity index (χ0v) is 17.3. The minimum atomic E-state index is -1.00. The van der Waals surface area contributed by atoms with Gasteiger partial charge >= 0.3 is 5.69 Å². The van der Waals surface area contributed by atoms with Gasteiger partial charge in [0.1, 0.15) is 0 Å². The molecule has 0 saturated heterocycles. The third-order valence-corrected chi connectivity index (χ3v) is 7.65. The van der Waals surface area contributed by atoms with Crippen molar-refractivity contribution in [3.63, 3.8) is 0 Å². The third-order valence-electron chi connectivity index (χ3n) is 4.90. The lowest BCUT2D eigenvalue weighted by atomic mass is 10.1. The van der Waals surface area contributed by atoms with Crippen LogP contribution in [0, 0.1) is 17.0 Å². The molecule has 150 valence electrons. The topological polar surface area (TPSA) is 82.1 Å². The Bertz CT molecular complexity index is 1080. The maximum Gasteiger partial charge on any atom is 0.335 e. The largest absolute Gasteiger partial charge is 0.353 e. The number of hydrogen-bond donors (Lipinski definition) is 0. The Labute approximate surface area is 175 Å². The first-order valence-corrected chi connectivity index (χ1v) is 10.9. The van der Waals surface area contributed by atoms with Crippen LogP contribution in [0.15, 0.2) is 89.7 Å². The molecule has 0 radical (unpaired) electrons. The molecule has 0 saturated carbocycles. The zero-order valence-electron chi connectivity index (χ0n) is 16.4. The third kappa shape index (κ3) is 4.14. The fourth-order valence-corrected chi connectivity index (χ4v) is 6.35. The van der Waals surface area contributed by atoms with Gasteiger partial charge in [0.25, 0.3) is 0 Å². The van der Waals surface area contributed by atoms with E-state index in [9.17, 15) is 10.1 Å². The van der Waals surface area contributed by atoms with Crippen molar-refractivity contribution in [2.75, 3.05) is 0 Å². The molecule has 1 atom stereocenters. The Balaban J connectivity index is 1.91. The lowest BCUT2D eigenvalue weighted by molar-refractivity contribution is -0.386. The van der Waals surface area contributed by atoms with Crippen LogP contribution in [0.3, 0.4) is 0 Å². The number of nitro groups is 1. The highest BCUT2D eigenvalue weighted by molar-refractivity contribution is 7.73. The van der Waals surface area contributed by atoms with E-state index in [0.717, 1.165) is 16.2 Å². The fourth-order valence-electron chi connectivity index (χ4n) is 3.55. The van der Waals surface area contributed by atoms with E-state index in [4.69, 9.17) is 4.52 Å². The smallest absolute Gasteiger partial charge is 0.335 e. The van der Waals surface area contributed by atoms with Crippen molar-refractivity contribution >= 4 is 24.2 Å². The van der Waals surface area contributed by atoms with E-state index in [0.29, 0.717) is 17.9 Å². The summed E-state index contributed by atoms with van der Waals surface area (Å²) in [5.41, 5.74) is 1.05. The second kappa shape index (κ2) is 8.97. The lowest BCUT2D eigenvalue weighted by Gasteiger charge is -2.26. The van der Waals surface area contributed by atoms with E-state index in [-0.39, 0.29) is 16.3 Å². The van der Waals surface area contributed by atoms with Crippen LogP contribution < -0.4 is 10.6 Å². The molecular weight excluding hydrogens is 397 g/mol. The van der Waals surface area contributed by atoms with Gasteiger partial charge < -0.3 is 4.52 Å². The molecule has 30 heavy (non-hydrogen) atoms. The van der Waals surface area contributed by atoms with Crippen molar-refractivity contribution < 1.29 is 9.45 Å². The van der Waals surface area contributed by atoms with Crippen LogP contribution in [-0.2, 0) is 6.42 Å². The summed E-state index contributed by atoms with van der Waals surface area (Å²) in [6.45, 7) is 1.61. The molecule has 0 fully saturated rings. The molecule has 0 N–H and O–H groups in total. The second-order valence-electron chi connectivity index (χ2n) is 6.85. The monoisotopic (exact) mass is 417 g/mol. The summed E-state index contributed by atoms with van der Waals surface area (Å²) in [4.78, 5) is 15.6. The molecule has 0 bridgehead atoms. The molecule has 0 amide bonds. The number of benzene rings is 2. The summed E-state index contributed by atoms with van der Waals surface area (Å²) in [5, 5.41) is 18.1. The molecule has 2 aromatic heterocycles. The Morgan fingerprint density at radius 3 is 2.07 bits per heavy atom. The average molecular weight is 417 g/mol. The lowest BCUT2D eigenvalue weighted by Crippen LogP contribution is -2.19. The number of rotatable bonds is 7. The van der Waals surface area contributed by atoms with E-state index in [1.807, 2.05) is 48.5 Å². The molecule has 0 aliphatic carbocycles. The van der Waals surface area contributed by atoms with Crippen molar-refractivity contribution in [3.8, 4) is 0 Å². The summed E-state index contributed by atoms with van der Waals surface area (Å²) in [6, 6.07) is 24.1. The van der Waals surface area contributed by atoms with Gasteiger partial charge in [0.15, 0.2) is 5.69 Å². The standard InChI is InChI=1S/C23H20N3O3P/c1-17-22(26(27)28)23(29-25-17)21(16-18-12-14-24-15-13-18)30(19-8-4-2-5-9-19)20-10-6-3-7-11-20/h2-15,21H,16H2,1H3/t21-/m1/s1. The number of aryl methyl sites for hydroxylation is 1.